The lowest BCUT2D eigenvalue weighted by Crippen LogP contribution is -2.36. The minimum absolute atomic E-state index is 0.0211. The highest BCUT2D eigenvalue weighted by molar-refractivity contribution is 7.80. The summed E-state index contributed by atoms with van der Waals surface area (Å²) in [7, 11) is 3.96. The van der Waals surface area contributed by atoms with E-state index in [-0.39, 0.29) is 18.0 Å². The first kappa shape index (κ1) is 54.6. The largest absolute Gasteiger partial charge is 0.465 e. The van der Waals surface area contributed by atoms with Crippen molar-refractivity contribution in [1.29, 1.82) is 0 Å². The quantitative estimate of drug-likeness (QED) is 0.0371. The molecule has 0 radical (unpaired) electrons. The van der Waals surface area contributed by atoms with Crippen LogP contribution in [0.2, 0.25) is 0 Å². The summed E-state index contributed by atoms with van der Waals surface area (Å²) >= 11 is 5.41. The predicted octanol–water partition coefficient (Wildman–Crippen LogP) is 13.4. The van der Waals surface area contributed by atoms with Gasteiger partial charge >= 0.3 is 11.9 Å². The van der Waals surface area contributed by atoms with Gasteiger partial charge in [0.05, 0.1) is 6.61 Å². The molecule has 0 aromatic rings. The van der Waals surface area contributed by atoms with Crippen molar-refractivity contribution < 1.29 is 19.1 Å². The Kier molecular flexibility index (Phi) is 40.7. The first-order valence-electron chi connectivity index (χ1n) is 24.3. The smallest absolute Gasteiger partial charge is 0.306 e. The van der Waals surface area contributed by atoms with E-state index in [1.165, 1.54) is 141 Å². The van der Waals surface area contributed by atoms with Crippen molar-refractivity contribution in [3.8, 4) is 0 Å². The Balaban J connectivity index is 4.37. The fourth-order valence-corrected chi connectivity index (χ4v) is 7.49. The van der Waals surface area contributed by atoms with Crippen LogP contribution in [-0.4, -0.2) is 79.8 Å². The molecule has 0 heterocycles. The van der Waals surface area contributed by atoms with Crippen LogP contribution in [0.15, 0.2) is 0 Å². The number of hydrogen-bond acceptors (Lipinski definition) is 6. The van der Waals surface area contributed by atoms with Gasteiger partial charge in [0.15, 0.2) is 5.11 Å². The standard InChI is InChI=1S/C48H95N3O4S/c1-7-10-13-16-21-28-36-45(35-27-20-15-12-9-3)55-47(53)38-30-23-18-25-32-41-51(42-33-39-49-48(56)50(5)6)40-31-24-17-22-29-37-46(52)54-43-44(4)34-26-19-14-11-8-2/h44-45H,7-43H2,1-6H3,(H,49,56). The Hall–Kier alpha value is -1.41. The third kappa shape index (κ3) is 38.1. The van der Waals surface area contributed by atoms with E-state index in [0.29, 0.717) is 25.4 Å². The van der Waals surface area contributed by atoms with Crippen LogP contribution in [0.5, 0.6) is 0 Å². The number of carbonyl (C=O) groups is 2. The number of nitrogens with zero attached hydrogens (tertiary/aromatic N) is 2. The number of thiocarbonyl (C=S) groups is 1. The lowest BCUT2D eigenvalue weighted by atomic mass is 10.0. The molecule has 56 heavy (non-hydrogen) atoms. The van der Waals surface area contributed by atoms with Crippen LogP contribution in [0.3, 0.4) is 0 Å². The zero-order valence-corrected chi connectivity index (χ0v) is 39.1. The summed E-state index contributed by atoms with van der Waals surface area (Å²) in [6.07, 6.45) is 37.3. The second-order valence-corrected chi connectivity index (χ2v) is 17.6. The summed E-state index contributed by atoms with van der Waals surface area (Å²) in [6.45, 7) is 13.8. The lowest BCUT2D eigenvalue weighted by molar-refractivity contribution is -0.150. The Labute approximate surface area is 354 Å². The van der Waals surface area contributed by atoms with E-state index in [2.05, 4.69) is 37.9 Å². The Morgan fingerprint density at radius 3 is 1.45 bits per heavy atom. The maximum atomic E-state index is 12.8. The molecule has 0 spiro atoms. The molecule has 0 aliphatic carbocycles. The van der Waals surface area contributed by atoms with Crippen LogP contribution < -0.4 is 5.32 Å². The van der Waals surface area contributed by atoms with Gasteiger partial charge in [0, 0.05) is 33.5 Å². The summed E-state index contributed by atoms with van der Waals surface area (Å²) in [5.41, 5.74) is 0. The van der Waals surface area contributed by atoms with E-state index in [4.69, 9.17) is 21.7 Å². The number of esters is 2. The van der Waals surface area contributed by atoms with Crippen LogP contribution >= 0.6 is 12.2 Å². The van der Waals surface area contributed by atoms with Gasteiger partial charge in [-0.1, -0.05) is 156 Å². The minimum atomic E-state index is -0.0211. The third-order valence-electron chi connectivity index (χ3n) is 11.2. The molecular weight excluding hydrogens is 715 g/mol. The van der Waals surface area contributed by atoms with Gasteiger partial charge in [0.1, 0.15) is 6.10 Å². The molecule has 8 heteroatoms. The molecule has 0 saturated heterocycles. The number of unbranched alkanes of at least 4 members (excludes halogenated alkanes) is 21. The number of ether oxygens (including phenoxy) is 2. The van der Waals surface area contributed by atoms with E-state index < -0.39 is 0 Å². The van der Waals surface area contributed by atoms with Crippen molar-refractivity contribution in [2.45, 2.75) is 239 Å². The lowest BCUT2D eigenvalue weighted by Gasteiger charge is -2.23. The van der Waals surface area contributed by atoms with Crippen LogP contribution in [0, 0.1) is 5.92 Å². The van der Waals surface area contributed by atoms with E-state index in [0.717, 1.165) is 82.7 Å². The molecule has 0 aromatic heterocycles. The van der Waals surface area contributed by atoms with Crippen LogP contribution in [0.4, 0.5) is 0 Å². The van der Waals surface area contributed by atoms with Crippen molar-refractivity contribution in [2.24, 2.45) is 5.92 Å². The second-order valence-electron chi connectivity index (χ2n) is 17.2. The summed E-state index contributed by atoms with van der Waals surface area (Å²) in [5.74, 6) is 0.468. The maximum absolute atomic E-state index is 12.8. The van der Waals surface area contributed by atoms with E-state index in [1.54, 1.807) is 0 Å². The van der Waals surface area contributed by atoms with Gasteiger partial charge in [-0.05, 0) is 102 Å². The van der Waals surface area contributed by atoms with Gasteiger partial charge in [-0.3, -0.25) is 9.59 Å². The SMILES string of the molecule is CCCCCCCCC(CCCCCCC)OC(=O)CCCCCCCN(CCCCCCCC(=O)OCC(C)CCCCCCC)CCCNC(=S)N(C)C. The average molecular weight is 810 g/mol. The zero-order valence-electron chi connectivity index (χ0n) is 38.3. The number of rotatable bonds is 42. The highest BCUT2D eigenvalue weighted by atomic mass is 32.1. The third-order valence-corrected chi connectivity index (χ3v) is 11.7. The number of carbonyl (C=O) groups excluding carboxylic acids is 2. The van der Waals surface area contributed by atoms with Crippen LogP contribution in [0.25, 0.3) is 0 Å². The van der Waals surface area contributed by atoms with E-state index in [9.17, 15) is 9.59 Å². The second kappa shape index (κ2) is 41.7. The van der Waals surface area contributed by atoms with E-state index in [1.807, 2.05) is 19.0 Å². The summed E-state index contributed by atoms with van der Waals surface area (Å²) in [5, 5.41) is 4.17. The maximum Gasteiger partial charge on any atom is 0.306 e. The molecule has 0 saturated carbocycles. The molecule has 0 bridgehead atoms. The van der Waals surface area contributed by atoms with Gasteiger partial charge < -0.3 is 24.6 Å². The highest BCUT2D eigenvalue weighted by Crippen LogP contribution is 2.19. The topological polar surface area (TPSA) is 71.1 Å². The molecule has 0 amide bonds. The highest BCUT2D eigenvalue weighted by Gasteiger charge is 2.15. The molecule has 2 atom stereocenters. The molecule has 1 N–H and O–H groups in total. The van der Waals surface area contributed by atoms with Gasteiger partial charge in [-0.25, -0.2) is 0 Å². The zero-order chi connectivity index (χ0) is 41.3. The summed E-state index contributed by atoms with van der Waals surface area (Å²) < 4.78 is 11.6. The van der Waals surface area contributed by atoms with Crippen molar-refractivity contribution in [1.82, 2.24) is 15.1 Å². The fraction of sp³-hybridized carbons (Fsp3) is 0.938. The van der Waals surface area contributed by atoms with Crippen LogP contribution in [0.1, 0.15) is 233 Å². The summed E-state index contributed by atoms with van der Waals surface area (Å²) in [4.78, 5) is 29.6. The molecule has 0 aliphatic rings. The van der Waals surface area contributed by atoms with Crippen molar-refractivity contribution in [3.63, 3.8) is 0 Å². The molecule has 0 aliphatic heterocycles. The molecule has 0 fully saturated rings. The van der Waals surface area contributed by atoms with Crippen LogP contribution in [-0.2, 0) is 19.1 Å². The van der Waals surface area contributed by atoms with Gasteiger partial charge in [0.2, 0.25) is 0 Å². The molecule has 0 rings (SSSR count). The minimum Gasteiger partial charge on any atom is -0.465 e. The average Bonchev–Trinajstić information content (AvgIpc) is 3.18. The van der Waals surface area contributed by atoms with Gasteiger partial charge in [-0.15, -0.1) is 0 Å². The molecule has 2 unspecified atom stereocenters. The van der Waals surface area contributed by atoms with Crippen molar-refractivity contribution >= 4 is 29.3 Å². The molecule has 332 valence electrons. The van der Waals surface area contributed by atoms with Crippen molar-refractivity contribution in [2.75, 3.05) is 46.9 Å². The molecule has 7 nitrogen and oxygen atoms in total. The molecule has 0 aromatic carbocycles. The predicted molar refractivity (Wildman–Crippen MR) is 245 cm³/mol. The molecular formula is C48H95N3O4S. The Morgan fingerprint density at radius 2 is 0.946 bits per heavy atom. The van der Waals surface area contributed by atoms with Gasteiger partial charge in [0.25, 0.3) is 0 Å². The Morgan fingerprint density at radius 1 is 0.536 bits per heavy atom. The number of nitrogens with one attached hydrogen (secondary N) is 1. The monoisotopic (exact) mass is 810 g/mol. The Bertz CT molecular complexity index is 888. The summed E-state index contributed by atoms with van der Waals surface area (Å²) in [6, 6.07) is 0. The fourth-order valence-electron chi connectivity index (χ4n) is 7.38. The van der Waals surface area contributed by atoms with E-state index >= 15 is 0 Å². The first-order chi connectivity index (χ1) is 27.2. The number of hydrogen-bond donors (Lipinski definition) is 1. The first-order valence-corrected chi connectivity index (χ1v) is 24.7. The van der Waals surface area contributed by atoms with Crippen molar-refractivity contribution in [3.05, 3.63) is 0 Å². The van der Waals surface area contributed by atoms with Gasteiger partial charge in [-0.2, -0.15) is 0 Å². The normalized spacial score (nSPS) is 12.5.